The van der Waals surface area contributed by atoms with Crippen molar-refractivity contribution in [3.8, 4) is 0 Å². The van der Waals surface area contributed by atoms with E-state index in [2.05, 4.69) is 9.82 Å². The molecule has 1 aliphatic heterocycles. The van der Waals surface area contributed by atoms with E-state index in [-0.39, 0.29) is 16.8 Å². The van der Waals surface area contributed by atoms with E-state index in [4.69, 9.17) is 4.74 Å². The van der Waals surface area contributed by atoms with Gasteiger partial charge in [-0.3, -0.25) is 14.2 Å². The molecule has 1 atom stereocenters. The van der Waals surface area contributed by atoms with Crippen LogP contribution in [-0.2, 0) is 32.5 Å². The van der Waals surface area contributed by atoms with Crippen molar-refractivity contribution < 1.29 is 17.9 Å². The molecule has 8 nitrogen and oxygen atoms in total. The summed E-state index contributed by atoms with van der Waals surface area (Å²) in [6.07, 6.45) is 2.37. The number of fused-ring (bicyclic) bond motifs is 2. The van der Waals surface area contributed by atoms with Crippen molar-refractivity contribution in [2.45, 2.75) is 37.8 Å². The van der Waals surface area contributed by atoms with Gasteiger partial charge in [-0.25, -0.2) is 8.42 Å². The van der Waals surface area contributed by atoms with Crippen molar-refractivity contribution in [2.24, 2.45) is 0 Å². The van der Waals surface area contributed by atoms with E-state index in [1.165, 1.54) is 13.0 Å². The third kappa shape index (κ3) is 3.66. The maximum absolute atomic E-state index is 13.0. The number of nitrogens with zero attached hydrogens (tertiary/aromatic N) is 3. The van der Waals surface area contributed by atoms with Crippen LogP contribution >= 0.6 is 0 Å². The summed E-state index contributed by atoms with van der Waals surface area (Å²) in [6.45, 7) is 4.56. The van der Waals surface area contributed by atoms with Gasteiger partial charge in [-0.1, -0.05) is 0 Å². The highest BCUT2D eigenvalue weighted by Gasteiger charge is 2.30. The normalized spacial score (nSPS) is 16.1. The molecule has 0 aliphatic carbocycles. The molecule has 9 heteroatoms. The van der Waals surface area contributed by atoms with Crippen LogP contribution in [0.15, 0.2) is 47.5 Å². The Morgan fingerprint density at radius 1 is 1.27 bits per heavy atom. The lowest BCUT2D eigenvalue weighted by Crippen LogP contribution is -2.33. The number of nitrogens with one attached hydrogen (secondary N) is 1. The minimum absolute atomic E-state index is 0.0122. The van der Waals surface area contributed by atoms with Crippen LogP contribution in [0.25, 0.3) is 10.9 Å². The lowest BCUT2D eigenvalue weighted by Gasteiger charge is -2.20. The molecule has 1 unspecified atom stereocenters. The number of carbonyl (C=O) groups is 1. The lowest BCUT2D eigenvalue weighted by molar-refractivity contribution is -0.116. The summed E-state index contributed by atoms with van der Waals surface area (Å²) >= 11 is 0. The predicted molar refractivity (Wildman–Crippen MR) is 115 cm³/mol. The third-order valence-corrected chi connectivity index (χ3v) is 6.70. The van der Waals surface area contributed by atoms with Crippen molar-refractivity contribution in [3.63, 3.8) is 0 Å². The number of sulfonamides is 1. The Balaban J connectivity index is 1.62. The van der Waals surface area contributed by atoms with Gasteiger partial charge in [0.15, 0.2) is 0 Å². The average Bonchev–Trinajstić information content (AvgIpc) is 3.24. The van der Waals surface area contributed by atoms with E-state index in [9.17, 15) is 13.2 Å². The molecule has 0 spiro atoms. The molecule has 2 aromatic carbocycles. The summed E-state index contributed by atoms with van der Waals surface area (Å²) in [6, 6.07) is 10.2. The van der Waals surface area contributed by atoms with Crippen LogP contribution in [0.5, 0.6) is 0 Å². The number of methoxy groups -OCH3 is 1. The summed E-state index contributed by atoms with van der Waals surface area (Å²) in [4.78, 5) is 13.8. The van der Waals surface area contributed by atoms with Crippen molar-refractivity contribution >= 4 is 38.2 Å². The first kappa shape index (κ1) is 20.4. The molecule has 0 saturated heterocycles. The zero-order chi connectivity index (χ0) is 21.5. The molecular formula is C21H24N4O4S. The topological polar surface area (TPSA) is 93.5 Å². The van der Waals surface area contributed by atoms with Crippen LogP contribution in [0.1, 0.15) is 19.4 Å². The molecule has 0 radical (unpaired) electrons. The molecule has 1 amide bonds. The Hall–Kier alpha value is -2.91. The number of hydrogen-bond donors (Lipinski definition) is 1. The quantitative estimate of drug-likeness (QED) is 0.652. The zero-order valence-electron chi connectivity index (χ0n) is 17.1. The number of hydrogen-bond acceptors (Lipinski definition) is 5. The highest BCUT2D eigenvalue weighted by Crippen LogP contribution is 2.34. The van der Waals surface area contributed by atoms with Gasteiger partial charge < -0.3 is 9.64 Å². The Morgan fingerprint density at radius 3 is 2.80 bits per heavy atom. The average molecular weight is 429 g/mol. The maximum Gasteiger partial charge on any atom is 0.261 e. The van der Waals surface area contributed by atoms with Crippen molar-refractivity contribution in [3.05, 3.63) is 48.2 Å². The van der Waals surface area contributed by atoms with Gasteiger partial charge in [0.05, 0.1) is 35.4 Å². The summed E-state index contributed by atoms with van der Waals surface area (Å²) < 4.78 is 35.5. The molecule has 0 bridgehead atoms. The van der Waals surface area contributed by atoms with E-state index in [1.807, 2.05) is 13.0 Å². The molecule has 1 aromatic heterocycles. The Labute approximate surface area is 175 Å². The number of amides is 1. The van der Waals surface area contributed by atoms with Gasteiger partial charge in [0.1, 0.15) is 0 Å². The number of ether oxygens (including phenoxy) is 1. The second-order valence-electron chi connectivity index (χ2n) is 7.47. The molecular weight excluding hydrogens is 404 g/mol. The van der Waals surface area contributed by atoms with Gasteiger partial charge in [-0.05, 0) is 55.3 Å². The minimum atomic E-state index is -3.78. The Kier molecular flexibility index (Phi) is 5.25. The van der Waals surface area contributed by atoms with Crippen LogP contribution < -0.4 is 9.62 Å². The fraction of sp³-hybridized carbons (Fsp3) is 0.333. The number of aromatic nitrogens is 2. The van der Waals surface area contributed by atoms with Gasteiger partial charge in [-0.2, -0.15) is 5.10 Å². The van der Waals surface area contributed by atoms with Crippen molar-refractivity contribution in [2.75, 3.05) is 23.3 Å². The second kappa shape index (κ2) is 7.73. The van der Waals surface area contributed by atoms with Crippen LogP contribution in [0, 0.1) is 0 Å². The number of anilines is 2. The van der Waals surface area contributed by atoms with Crippen LogP contribution in [-0.4, -0.2) is 43.9 Å². The van der Waals surface area contributed by atoms with Crippen LogP contribution in [0.2, 0.25) is 0 Å². The molecule has 0 saturated carbocycles. The predicted octanol–water partition coefficient (Wildman–Crippen LogP) is 2.78. The summed E-state index contributed by atoms with van der Waals surface area (Å²) in [5.74, 6) is -0.0478. The Bertz CT molecular complexity index is 1220. The van der Waals surface area contributed by atoms with Crippen molar-refractivity contribution in [1.82, 2.24) is 9.78 Å². The SMILES string of the molecule is COCCn1ncc2ccc(NS(=O)(=O)c3ccc4c(c3)CC(C)N4C(C)=O)cc21. The van der Waals surface area contributed by atoms with Gasteiger partial charge in [0.25, 0.3) is 10.0 Å². The number of rotatable bonds is 6. The first-order valence-corrected chi connectivity index (χ1v) is 11.2. The molecule has 1 N–H and O–H groups in total. The third-order valence-electron chi connectivity index (χ3n) is 5.32. The van der Waals surface area contributed by atoms with Crippen LogP contribution in [0.4, 0.5) is 11.4 Å². The van der Waals surface area contributed by atoms with E-state index in [0.717, 1.165) is 22.2 Å². The minimum Gasteiger partial charge on any atom is -0.383 e. The molecule has 3 aromatic rings. The lowest BCUT2D eigenvalue weighted by atomic mass is 10.1. The van der Waals surface area contributed by atoms with E-state index < -0.39 is 10.0 Å². The highest BCUT2D eigenvalue weighted by molar-refractivity contribution is 7.92. The fourth-order valence-electron chi connectivity index (χ4n) is 3.96. The molecule has 0 fully saturated rings. The van der Waals surface area contributed by atoms with E-state index >= 15 is 0 Å². The first-order chi connectivity index (χ1) is 14.3. The standard InChI is InChI=1S/C21H24N4O4S/c1-14-10-17-11-19(6-7-20(17)25(14)15(2)26)30(27,28)23-18-5-4-16-13-22-24(8-9-29-3)21(16)12-18/h4-7,11-14,23H,8-10H2,1-3H3. The fourth-order valence-corrected chi connectivity index (χ4v) is 5.06. The molecule has 1 aliphatic rings. The highest BCUT2D eigenvalue weighted by atomic mass is 32.2. The monoisotopic (exact) mass is 428 g/mol. The van der Waals surface area contributed by atoms with Gasteiger partial charge in [0.2, 0.25) is 5.91 Å². The van der Waals surface area contributed by atoms with Crippen LogP contribution in [0.3, 0.4) is 0 Å². The summed E-state index contributed by atoms with van der Waals surface area (Å²) in [7, 11) is -2.16. The van der Waals surface area contributed by atoms with E-state index in [1.54, 1.807) is 47.2 Å². The van der Waals surface area contributed by atoms with Gasteiger partial charge >= 0.3 is 0 Å². The van der Waals surface area contributed by atoms with E-state index in [0.29, 0.717) is 25.3 Å². The molecule has 30 heavy (non-hydrogen) atoms. The molecule has 158 valence electrons. The molecule has 2 heterocycles. The second-order valence-corrected chi connectivity index (χ2v) is 9.15. The number of benzene rings is 2. The molecule has 4 rings (SSSR count). The maximum atomic E-state index is 13.0. The summed E-state index contributed by atoms with van der Waals surface area (Å²) in [5.41, 5.74) is 2.92. The first-order valence-electron chi connectivity index (χ1n) is 9.70. The van der Waals surface area contributed by atoms with Gasteiger partial charge in [-0.15, -0.1) is 0 Å². The number of carbonyl (C=O) groups excluding carboxylic acids is 1. The summed E-state index contributed by atoms with van der Waals surface area (Å²) in [5, 5.41) is 5.24. The largest absolute Gasteiger partial charge is 0.383 e. The smallest absolute Gasteiger partial charge is 0.261 e. The zero-order valence-corrected chi connectivity index (χ0v) is 17.9. The van der Waals surface area contributed by atoms with Crippen molar-refractivity contribution in [1.29, 1.82) is 0 Å². The van der Waals surface area contributed by atoms with Gasteiger partial charge in [0, 0.05) is 31.1 Å². The Morgan fingerprint density at radius 2 is 2.07 bits per heavy atom.